The minimum Gasteiger partial charge on any atom is -0.378 e. The number of hydrogen-bond acceptors (Lipinski definition) is 8. The van der Waals surface area contributed by atoms with Crippen LogP contribution in [0.5, 0.6) is 0 Å². The average Bonchev–Trinajstić information content (AvgIpc) is 3.16. The first-order valence-corrected chi connectivity index (χ1v) is 11.1. The first-order chi connectivity index (χ1) is 14.9. The highest BCUT2D eigenvalue weighted by Gasteiger charge is 2.42. The molecule has 0 aliphatic heterocycles. The third-order valence-electron chi connectivity index (χ3n) is 4.55. The van der Waals surface area contributed by atoms with E-state index in [0.717, 1.165) is 17.0 Å². The monoisotopic (exact) mass is 470 g/mol. The normalized spacial score (nSPS) is 13.1. The van der Waals surface area contributed by atoms with Crippen molar-refractivity contribution in [2.45, 2.75) is 18.5 Å². The fourth-order valence-electron chi connectivity index (χ4n) is 3.05. The van der Waals surface area contributed by atoms with Gasteiger partial charge in [0.2, 0.25) is 5.82 Å². The van der Waals surface area contributed by atoms with Crippen molar-refractivity contribution in [3.05, 3.63) is 58.7 Å². The van der Waals surface area contributed by atoms with Crippen LogP contribution in [0, 0.1) is 10.1 Å². The summed E-state index contributed by atoms with van der Waals surface area (Å²) in [7, 11) is -3.61. The number of aromatic nitrogens is 4. The van der Waals surface area contributed by atoms with E-state index in [9.17, 15) is 31.7 Å². The Labute approximate surface area is 180 Å². The molecular weight excluding hydrogens is 453 g/mol. The summed E-state index contributed by atoms with van der Waals surface area (Å²) in [5.41, 5.74) is 5.21. The predicted octanol–water partition coefficient (Wildman–Crippen LogP) is 2.90. The van der Waals surface area contributed by atoms with Crippen LogP contribution < -0.4 is 5.73 Å². The largest absolute Gasteiger partial charge is 0.397 e. The first kappa shape index (κ1) is 23.1. The standard InChI is InChI=1S/C18H17F3N6O4S/c1-32(30,31)8-6-13(18(19,20)21)14-3-2-4-15(25-14)26-10-11(9-24-26)12-5-7-23-17(22)16(12)27(28)29/h2-5,7,9-10,13H,6,8H2,1H3,(H2,22,23). The van der Waals surface area contributed by atoms with Crippen LogP contribution in [-0.4, -0.2) is 51.3 Å². The Bertz CT molecular complexity index is 1260. The Morgan fingerprint density at radius 1 is 1.28 bits per heavy atom. The minimum absolute atomic E-state index is 0.0204. The van der Waals surface area contributed by atoms with Gasteiger partial charge in [0, 0.05) is 24.2 Å². The van der Waals surface area contributed by atoms with E-state index < -0.39 is 44.7 Å². The molecule has 3 aromatic heterocycles. The molecule has 0 bridgehead atoms. The molecule has 0 fully saturated rings. The topological polar surface area (TPSA) is 147 Å². The number of sulfone groups is 1. The van der Waals surface area contributed by atoms with E-state index >= 15 is 0 Å². The second kappa shape index (κ2) is 8.53. The molecule has 0 spiro atoms. The van der Waals surface area contributed by atoms with Gasteiger partial charge in [-0.3, -0.25) is 10.1 Å². The van der Waals surface area contributed by atoms with Gasteiger partial charge in [-0.1, -0.05) is 6.07 Å². The molecule has 1 unspecified atom stereocenters. The predicted molar refractivity (Wildman–Crippen MR) is 109 cm³/mol. The maximum Gasteiger partial charge on any atom is 0.397 e. The van der Waals surface area contributed by atoms with Crippen molar-refractivity contribution in [3.8, 4) is 16.9 Å². The molecule has 0 saturated carbocycles. The highest BCUT2D eigenvalue weighted by molar-refractivity contribution is 7.90. The van der Waals surface area contributed by atoms with E-state index in [0.29, 0.717) is 0 Å². The lowest BCUT2D eigenvalue weighted by atomic mass is 10.0. The number of halogens is 3. The Morgan fingerprint density at radius 3 is 2.62 bits per heavy atom. The summed E-state index contributed by atoms with van der Waals surface area (Å²) in [5.74, 6) is -3.01. The number of hydrogen-bond donors (Lipinski definition) is 1. The lowest BCUT2D eigenvalue weighted by Crippen LogP contribution is -2.24. The van der Waals surface area contributed by atoms with Crippen molar-refractivity contribution in [2.24, 2.45) is 0 Å². The zero-order chi connectivity index (χ0) is 23.7. The van der Waals surface area contributed by atoms with Crippen LogP contribution in [0.1, 0.15) is 18.0 Å². The van der Waals surface area contributed by atoms with E-state index in [1.54, 1.807) is 0 Å². The number of nitrogens with zero attached hydrogens (tertiary/aromatic N) is 5. The fourth-order valence-corrected chi connectivity index (χ4v) is 3.72. The molecule has 0 amide bonds. The van der Waals surface area contributed by atoms with Crippen LogP contribution in [0.15, 0.2) is 42.9 Å². The molecule has 1 atom stereocenters. The van der Waals surface area contributed by atoms with E-state index in [-0.39, 0.29) is 28.5 Å². The molecule has 10 nitrogen and oxygen atoms in total. The van der Waals surface area contributed by atoms with Crippen LogP contribution in [0.3, 0.4) is 0 Å². The number of alkyl halides is 3. The first-order valence-electron chi connectivity index (χ1n) is 9.02. The third kappa shape index (κ3) is 5.19. The molecule has 0 aromatic carbocycles. The average molecular weight is 470 g/mol. The summed E-state index contributed by atoms with van der Waals surface area (Å²) in [5, 5.41) is 15.4. The minimum atomic E-state index is -4.71. The molecule has 3 aromatic rings. The van der Waals surface area contributed by atoms with Gasteiger partial charge in [-0.2, -0.15) is 18.3 Å². The third-order valence-corrected chi connectivity index (χ3v) is 5.53. The van der Waals surface area contributed by atoms with Gasteiger partial charge < -0.3 is 5.73 Å². The zero-order valence-corrected chi connectivity index (χ0v) is 17.3. The molecule has 0 aliphatic carbocycles. The molecule has 0 aliphatic rings. The van der Waals surface area contributed by atoms with Gasteiger partial charge in [-0.25, -0.2) is 23.1 Å². The van der Waals surface area contributed by atoms with Crippen molar-refractivity contribution in [3.63, 3.8) is 0 Å². The molecular formula is C18H17F3N6O4S. The number of anilines is 1. The smallest absolute Gasteiger partial charge is 0.378 e. The van der Waals surface area contributed by atoms with E-state index in [1.165, 1.54) is 36.8 Å². The van der Waals surface area contributed by atoms with E-state index in [2.05, 4.69) is 15.1 Å². The number of nitro groups is 1. The van der Waals surface area contributed by atoms with Crippen molar-refractivity contribution in [1.82, 2.24) is 19.7 Å². The molecule has 0 radical (unpaired) electrons. The van der Waals surface area contributed by atoms with E-state index in [1.807, 2.05) is 0 Å². The van der Waals surface area contributed by atoms with Crippen LogP contribution in [0.4, 0.5) is 24.7 Å². The summed E-state index contributed by atoms with van der Waals surface area (Å²) < 4.78 is 64.5. The molecule has 0 saturated heterocycles. The summed E-state index contributed by atoms with van der Waals surface area (Å²) in [6.45, 7) is 0. The van der Waals surface area contributed by atoms with Crippen LogP contribution >= 0.6 is 0 Å². The number of rotatable bonds is 7. The molecule has 3 rings (SSSR count). The van der Waals surface area contributed by atoms with Gasteiger partial charge in [0.05, 0.1) is 34.0 Å². The quantitative estimate of drug-likeness (QED) is 0.409. The Balaban J connectivity index is 1.98. The number of pyridine rings is 2. The summed E-state index contributed by atoms with van der Waals surface area (Å²) in [6, 6.07) is 5.26. The van der Waals surface area contributed by atoms with Crippen molar-refractivity contribution < 1.29 is 26.5 Å². The lowest BCUT2D eigenvalue weighted by molar-refractivity contribution is -0.383. The van der Waals surface area contributed by atoms with Gasteiger partial charge in [-0.05, 0) is 24.6 Å². The fraction of sp³-hybridized carbons (Fsp3) is 0.278. The SMILES string of the molecule is CS(=O)(=O)CCC(c1cccc(-n2cc(-c3ccnc(N)c3[N+](=O)[O-])cn2)n1)C(F)(F)F. The maximum atomic E-state index is 13.6. The van der Waals surface area contributed by atoms with Crippen molar-refractivity contribution in [1.29, 1.82) is 0 Å². The summed E-state index contributed by atoms with van der Waals surface area (Å²) in [4.78, 5) is 18.3. The van der Waals surface area contributed by atoms with Crippen LogP contribution in [0.25, 0.3) is 16.9 Å². The molecule has 170 valence electrons. The van der Waals surface area contributed by atoms with Gasteiger partial charge in [0.25, 0.3) is 0 Å². The highest BCUT2D eigenvalue weighted by atomic mass is 32.2. The van der Waals surface area contributed by atoms with Gasteiger partial charge in [0.15, 0.2) is 5.82 Å². The number of nitrogens with two attached hydrogens (primary N) is 1. The molecule has 2 N–H and O–H groups in total. The van der Waals surface area contributed by atoms with Crippen molar-refractivity contribution >= 4 is 21.3 Å². The molecule has 14 heteroatoms. The van der Waals surface area contributed by atoms with Crippen LogP contribution in [-0.2, 0) is 9.84 Å². The molecule has 3 heterocycles. The highest BCUT2D eigenvalue weighted by Crippen LogP contribution is 2.37. The van der Waals surface area contributed by atoms with Gasteiger partial charge >= 0.3 is 11.9 Å². The second-order valence-electron chi connectivity index (χ2n) is 6.96. The second-order valence-corrected chi connectivity index (χ2v) is 9.22. The summed E-state index contributed by atoms with van der Waals surface area (Å²) >= 11 is 0. The number of nitrogen functional groups attached to an aromatic ring is 1. The lowest BCUT2D eigenvalue weighted by Gasteiger charge is -2.20. The molecule has 32 heavy (non-hydrogen) atoms. The maximum absolute atomic E-state index is 13.6. The van der Waals surface area contributed by atoms with Gasteiger partial charge in [0.1, 0.15) is 9.84 Å². The van der Waals surface area contributed by atoms with Crippen molar-refractivity contribution in [2.75, 3.05) is 17.7 Å². The Hall–Kier alpha value is -3.55. The van der Waals surface area contributed by atoms with Crippen LogP contribution in [0.2, 0.25) is 0 Å². The Morgan fingerprint density at radius 2 is 2.00 bits per heavy atom. The Kier molecular flexibility index (Phi) is 6.16. The zero-order valence-electron chi connectivity index (χ0n) is 16.5. The van der Waals surface area contributed by atoms with E-state index in [4.69, 9.17) is 5.73 Å². The summed E-state index contributed by atoms with van der Waals surface area (Å²) in [6.07, 6.45) is -0.607. The van der Waals surface area contributed by atoms with Gasteiger partial charge in [-0.15, -0.1) is 0 Å².